The van der Waals surface area contributed by atoms with Crippen LogP contribution in [0, 0.1) is 5.92 Å². The first-order valence-electron chi connectivity index (χ1n) is 5.84. The second-order valence-electron chi connectivity index (χ2n) is 4.24. The van der Waals surface area contributed by atoms with Crippen molar-refractivity contribution in [1.82, 2.24) is 4.72 Å². The van der Waals surface area contributed by atoms with Crippen molar-refractivity contribution in [3.8, 4) is 0 Å². The van der Waals surface area contributed by atoms with E-state index in [1.54, 1.807) is 0 Å². The van der Waals surface area contributed by atoms with E-state index in [2.05, 4.69) is 4.72 Å². The van der Waals surface area contributed by atoms with Gasteiger partial charge in [0.2, 0.25) is 10.0 Å². The molecular weight excluding hydrogens is 310 g/mol. The highest BCUT2D eigenvalue weighted by molar-refractivity contribution is 7.91. The molecule has 1 saturated heterocycles. The van der Waals surface area contributed by atoms with Crippen LogP contribution in [0.4, 0.5) is 0 Å². The normalized spacial score (nSPS) is 17.5. The molecule has 0 aromatic carbocycles. The molecule has 0 unspecified atom stereocenters. The van der Waals surface area contributed by atoms with Crippen LogP contribution in [0.1, 0.15) is 12.8 Å². The van der Waals surface area contributed by atoms with Gasteiger partial charge in [-0.1, -0.05) is 11.6 Å². The van der Waals surface area contributed by atoms with Crippen molar-refractivity contribution in [1.29, 1.82) is 0 Å². The largest absolute Gasteiger partial charge is 0.381 e. The molecule has 0 spiro atoms. The molecule has 0 saturated carbocycles. The Morgan fingerprint density at radius 1 is 1.42 bits per heavy atom. The number of nitrogens with one attached hydrogen (secondary N) is 1. The summed E-state index contributed by atoms with van der Waals surface area (Å²) in [5.41, 5.74) is 0. The number of sulfonamides is 1. The van der Waals surface area contributed by atoms with Crippen molar-refractivity contribution < 1.29 is 17.9 Å². The first kappa shape index (κ1) is 14.9. The quantitative estimate of drug-likeness (QED) is 0.894. The highest BCUT2D eigenvalue weighted by atomic mass is 35.5. The first-order valence-corrected chi connectivity index (χ1v) is 8.52. The molecule has 1 aromatic rings. The molecule has 0 bridgehead atoms. The topological polar surface area (TPSA) is 72.5 Å². The van der Waals surface area contributed by atoms with E-state index in [0.717, 1.165) is 11.3 Å². The lowest BCUT2D eigenvalue weighted by Gasteiger charge is -2.20. The third kappa shape index (κ3) is 4.00. The maximum atomic E-state index is 11.9. The molecule has 1 aromatic heterocycles. The predicted octanol–water partition coefficient (Wildman–Crippen LogP) is 1.68. The van der Waals surface area contributed by atoms with Crippen LogP contribution in [0.15, 0.2) is 16.3 Å². The molecule has 1 N–H and O–H groups in total. The third-order valence-corrected chi connectivity index (χ3v) is 6.05. The van der Waals surface area contributed by atoms with Crippen molar-refractivity contribution in [2.24, 2.45) is 5.92 Å². The van der Waals surface area contributed by atoms with E-state index < -0.39 is 10.0 Å². The van der Waals surface area contributed by atoms with Gasteiger partial charge in [0.1, 0.15) is 4.21 Å². The average Bonchev–Trinajstić information content (AvgIpc) is 2.85. The van der Waals surface area contributed by atoms with Crippen LogP contribution in [0.2, 0.25) is 4.34 Å². The van der Waals surface area contributed by atoms with Gasteiger partial charge in [-0.3, -0.25) is 4.79 Å². The van der Waals surface area contributed by atoms with Crippen LogP contribution >= 0.6 is 22.9 Å². The fraction of sp³-hybridized carbons (Fsp3) is 0.545. The molecular formula is C11H14ClNO4S2. The molecule has 0 atom stereocenters. The van der Waals surface area contributed by atoms with Gasteiger partial charge in [-0.15, -0.1) is 11.3 Å². The Morgan fingerprint density at radius 3 is 2.68 bits per heavy atom. The van der Waals surface area contributed by atoms with Crippen LogP contribution < -0.4 is 4.72 Å². The summed E-state index contributed by atoms with van der Waals surface area (Å²) in [6.07, 6.45) is 1.32. The highest BCUT2D eigenvalue weighted by Crippen LogP contribution is 2.25. The summed E-state index contributed by atoms with van der Waals surface area (Å²) >= 11 is 6.66. The van der Waals surface area contributed by atoms with E-state index in [4.69, 9.17) is 16.3 Å². The molecule has 19 heavy (non-hydrogen) atoms. The fourth-order valence-electron chi connectivity index (χ4n) is 1.84. The van der Waals surface area contributed by atoms with E-state index >= 15 is 0 Å². The van der Waals surface area contributed by atoms with E-state index in [0.29, 0.717) is 30.4 Å². The number of halogens is 1. The van der Waals surface area contributed by atoms with Crippen LogP contribution in [-0.4, -0.2) is 34.0 Å². The molecule has 0 radical (unpaired) electrons. The molecule has 1 aliphatic heterocycles. The monoisotopic (exact) mass is 323 g/mol. The van der Waals surface area contributed by atoms with Gasteiger partial charge in [0.05, 0.1) is 10.9 Å². The molecule has 1 aliphatic rings. The van der Waals surface area contributed by atoms with E-state index in [-0.39, 0.29) is 22.5 Å². The van der Waals surface area contributed by atoms with E-state index in [1.165, 1.54) is 12.1 Å². The summed E-state index contributed by atoms with van der Waals surface area (Å²) in [4.78, 5) is 11.9. The lowest BCUT2D eigenvalue weighted by molar-refractivity contribution is -0.124. The van der Waals surface area contributed by atoms with Crippen molar-refractivity contribution in [2.75, 3.05) is 19.8 Å². The van der Waals surface area contributed by atoms with Crippen LogP contribution in [0.5, 0.6) is 0 Å². The molecule has 5 nitrogen and oxygen atoms in total. The number of carbonyl (C=O) groups excluding carboxylic acids is 1. The molecule has 0 amide bonds. The number of hydrogen-bond acceptors (Lipinski definition) is 5. The Kier molecular flexibility index (Phi) is 4.97. The van der Waals surface area contributed by atoms with Gasteiger partial charge in [0, 0.05) is 19.1 Å². The minimum atomic E-state index is -3.64. The Hall–Kier alpha value is -0.470. The van der Waals surface area contributed by atoms with Crippen molar-refractivity contribution in [2.45, 2.75) is 17.1 Å². The van der Waals surface area contributed by atoms with Gasteiger partial charge in [0.15, 0.2) is 5.78 Å². The number of rotatable bonds is 5. The summed E-state index contributed by atoms with van der Waals surface area (Å²) in [6.45, 7) is 0.940. The Balaban J connectivity index is 1.92. The summed E-state index contributed by atoms with van der Waals surface area (Å²) in [7, 11) is -3.64. The van der Waals surface area contributed by atoms with Gasteiger partial charge in [-0.05, 0) is 25.0 Å². The lowest BCUT2D eigenvalue weighted by Crippen LogP contribution is -2.34. The van der Waals surface area contributed by atoms with Gasteiger partial charge in [-0.25, -0.2) is 13.1 Å². The van der Waals surface area contributed by atoms with Crippen LogP contribution in [0.3, 0.4) is 0 Å². The SMILES string of the molecule is O=C(CNS(=O)(=O)c1ccc(Cl)s1)C1CCOCC1. The first-order chi connectivity index (χ1) is 8.99. The second kappa shape index (κ2) is 6.32. The van der Waals surface area contributed by atoms with Gasteiger partial charge in [-0.2, -0.15) is 0 Å². The number of hydrogen-bond donors (Lipinski definition) is 1. The van der Waals surface area contributed by atoms with Crippen molar-refractivity contribution >= 4 is 38.7 Å². The summed E-state index contributed by atoms with van der Waals surface area (Å²) in [5, 5.41) is 0. The molecule has 2 rings (SSSR count). The van der Waals surface area contributed by atoms with Gasteiger partial charge in [0.25, 0.3) is 0 Å². The Morgan fingerprint density at radius 2 is 2.11 bits per heavy atom. The number of carbonyl (C=O) groups is 1. The number of thiophene rings is 1. The molecule has 2 heterocycles. The maximum absolute atomic E-state index is 11.9. The zero-order valence-corrected chi connectivity index (χ0v) is 12.5. The minimum absolute atomic E-state index is 0.0884. The standard InChI is InChI=1S/C11H14ClNO4S2/c12-10-1-2-11(18-10)19(15,16)13-7-9(14)8-3-5-17-6-4-8/h1-2,8,13H,3-7H2. The fourth-order valence-corrected chi connectivity index (χ4v) is 4.36. The molecule has 8 heteroatoms. The number of ketones is 1. The number of Topliss-reactive ketones (excluding diaryl/α,β-unsaturated/α-hetero) is 1. The Labute approximate surface area is 121 Å². The second-order valence-corrected chi connectivity index (χ2v) is 7.94. The van der Waals surface area contributed by atoms with Crippen molar-refractivity contribution in [3.63, 3.8) is 0 Å². The predicted molar refractivity (Wildman–Crippen MR) is 73.1 cm³/mol. The zero-order valence-electron chi connectivity index (χ0n) is 10.1. The van der Waals surface area contributed by atoms with Crippen molar-refractivity contribution in [3.05, 3.63) is 16.5 Å². The Bertz CT molecular complexity index is 549. The minimum Gasteiger partial charge on any atom is -0.381 e. The van der Waals surface area contributed by atoms with Crippen LogP contribution in [-0.2, 0) is 19.6 Å². The van der Waals surface area contributed by atoms with Gasteiger partial charge >= 0.3 is 0 Å². The summed E-state index contributed by atoms with van der Waals surface area (Å²) in [6, 6.07) is 2.94. The average molecular weight is 324 g/mol. The molecule has 0 aliphatic carbocycles. The lowest BCUT2D eigenvalue weighted by atomic mass is 9.96. The third-order valence-electron chi connectivity index (χ3n) is 2.93. The smallest absolute Gasteiger partial charge is 0.250 e. The van der Waals surface area contributed by atoms with Gasteiger partial charge < -0.3 is 4.74 Å². The summed E-state index contributed by atoms with van der Waals surface area (Å²) in [5.74, 6) is -0.196. The number of ether oxygens (including phenoxy) is 1. The summed E-state index contributed by atoms with van der Waals surface area (Å²) < 4.78 is 31.8. The molecule has 1 fully saturated rings. The zero-order chi connectivity index (χ0) is 13.9. The highest BCUT2D eigenvalue weighted by Gasteiger charge is 2.24. The maximum Gasteiger partial charge on any atom is 0.250 e. The van der Waals surface area contributed by atoms with Crippen LogP contribution in [0.25, 0.3) is 0 Å². The molecule has 106 valence electrons. The van der Waals surface area contributed by atoms with E-state index in [9.17, 15) is 13.2 Å². The van der Waals surface area contributed by atoms with E-state index in [1.807, 2.05) is 0 Å².